The Hall–Kier alpha value is -6.40. The number of ether oxygens (including phenoxy) is 1. The fourth-order valence-corrected chi connectivity index (χ4v) is 8.35. The summed E-state index contributed by atoms with van der Waals surface area (Å²) in [4.78, 5) is 23.7. The molecule has 0 fully saturated rings. The Morgan fingerprint density at radius 3 is 2.55 bits per heavy atom. The van der Waals surface area contributed by atoms with Gasteiger partial charge in [0.1, 0.15) is 34.2 Å². The highest BCUT2D eigenvalue weighted by Crippen LogP contribution is 2.51. The third-order valence-electron chi connectivity index (χ3n) is 10.7. The molecule has 2 unspecified atom stereocenters. The predicted molar refractivity (Wildman–Crippen MR) is 197 cm³/mol. The minimum Gasteiger partial charge on any atom is -0.453 e. The summed E-state index contributed by atoms with van der Waals surface area (Å²) in [6.07, 6.45) is 16.4. The van der Waals surface area contributed by atoms with Crippen LogP contribution in [0.5, 0.6) is 5.75 Å². The van der Waals surface area contributed by atoms with Gasteiger partial charge in [-0.3, -0.25) is 9.88 Å². The standard InChI is InChI=1S/C42H30FN7O/c1-42(2)27-11-3-5-13-30(27)49(31-14-6-4-12-28(31)42)24-21-26-37(45-23-24)38-25(39-40(26)48-41(43)29(22-44)46-39)19-20-36(47-38)50-32-15-7-9-17-34(32)51-35-18-10-8-16-33(35)50/h3-7,9-15,17-21,23,27,30H,8,16H2,1-2H3. The first-order valence-electron chi connectivity index (χ1n) is 17.1. The summed E-state index contributed by atoms with van der Waals surface area (Å²) >= 11 is 0. The van der Waals surface area contributed by atoms with E-state index in [1.54, 1.807) is 0 Å². The molecule has 8 nitrogen and oxygen atoms in total. The van der Waals surface area contributed by atoms with Crippen LogP contribution in [0.15, 0.2) is 121 Å². The molecule has 2 atom stereocenters. The quantitative estimate of drug-likeness (QED) is 0.169. The number of allylic oxidation sites excluding steroid dienone is 5. The molecule has 0 radical (unpaired) electrons. The van der Waals surface area contributed by atoms with E-state index < -0.39 is 5.95 Å². The fourth-order valence-electron chi connectivity index (χ4n) is 8.35. The van der Waals surface area contributed by atoms with Gasteiger partial charge in [-0.1, -0.05) is 74.6 Å². The highest BCUT2D eigenvalue weighted by atomic mass is 19.1. The third kappa shape index (κ3) is 4.23. The molecule has 3 aromatic carbocycles. The van der Waals surface area contributed by atoms with Gasteiger partial charge < -0.3 is 9.64 Å². The minimum absolute atomic E-state index is 0.0250. The molecule has 0 bridgehead atoms. The summed E-state index contributed by atoms with van der Waals surface area (Å²) in [5.74, 6) is 1.51. The van der Waals surface area contributed by atoms with Crippen LogP contribution in [0.4, 0.5) is 27.3 Å². The van der Waals surface area contributed by atoms with Crippen molar-refractivity contribution in [1.29, 1.82) is 5.26 Å². The van der Waals surface area contributed by atoms with Crippen LogP contribution in [-0.4, -0.2) is 26.0 Å². The number of hydrogen-bond acceptors (Lipinski definition) is 8. The Morgan fingerprint density at radius 1 is 0.882 bits per heavy atom. The van der Waals surface area contributed by atoms with Gasteiger partial charge in [0.2, 0.25) is 5.95 Å². The van der Waals surface area contributed by atoms with E-state index in [1.165, 1.54) is 5.56 Å². The van der Waals surface area contributed by atoms with Gasteiger partial charge in [0.15, 0.2) is 11.4 Å². The first kappa shape index (κ1) is 29.5. The molecule has 0 saturated carbocycles. The van der Waals surface area contributed by atoms with E-state index in [0.29, 0.717) is 38.7 Å². The van der Waals surface area contributed by atoms with E-state index in [4.69, 9.17) is 14.7 Å². The number of benzene rings is 3. The van der Waals surface area contributed by atoms with Crippen molar-refractivity contribution in [3.05, 3.63) is 138 Å². The zero-order valence-electron chi connectivity index (χ0n) is 27.9. The highest BCUT2D eigenvalue weighted by molar-refractivity contribution is 6.21. The molecular weight excluding hydrogens is 638 g/mol. The summed E-state index contributed by atoms with van der Waals surface area (Å²) < 4.78 is 21.6. The smallest absolute Gasteiger partial charge is 0.250 e. The Balaban J connectivity index is 1.24. The second-order valence-electron chi connectivity index (χ2n) is 13.9. The van der Waals surface area contributed by atoms with Crippen molar-refractivity contribution in [3.8, 4) is 11.8 Å². The SMILES string of the molecule is CC1(C)c2ccccc2N(c2cnc3c(c2)c2nc(F)c(C#N)nc2c2ccc(N4C5=C(C=CCC5)Oc5ccccc54)nc23)C2C=CC=CC21. The van der Waals surface area contributed by atoms with E-state index in [9.17, 15) is 5.26 Å². The zero-order chi connectivity index (χ0) is 34.4. The number of nitriles is 1. The Kier molecular flexibility index (Phi) is 6.25. The molecule has 4 aliphatic rings. The lowest BCUT2D eigenvalue weighted by Gasteiger charge is -2.50. The monoisotopic (exact) mass is 667 g/mol. The molecule has 6 aromatic rings. The number of hydrogen-bond donors (Lipinski definition) is 0. The molecule has 10 rings (SSSR count). The molecule has 2 aliphatic carbocycles. The van der Waals surface area contributed by atoms with Crippen molar-refractivity contribution >= 4 is 55.7 Å². The maximum Gasteiger partial charge on any atom is 0.250 e. The number of pyridine rings is 2. The highest BCUT2D eigenvalue weighted by Gasteiger charge is 2.45. The lowest BCUT2D eigenvalue weighted by atomic mass is 9.65. The van der Waals surface area contributed by atoms with Crippen molar-refractivity contribution in [3.63, 3.8) is 0 Å². The number of halogens is 1. The molecule has 51 heavy (non-hydrogen) atoms. The summed E-state index contributed by atoms with van der Waals surface area (Å²) in [6, 6.07) is 24.2. The van der Waals surface area contributed by atoms with Crippen molar-refractivity contribution in [2.24, 2.45) is 5.92 Å². The fraction of sp³-hybridized carbons (Fsp3) is 0.167. The van der Waals surface area contributed by atoms with Gasteiger partial charge in [-0.05, 0) is 60.9 Å². The predicted octanol–water partition coefficient (Wildman–Crippen LogP) is 9.37. The molecule has 9 heteroatoms. The maximum atomic E-state index is 15.3. The van der Waals surface area contributed by atoms with Crippen LogP contribution in [0.1, 0.15) is 37.9 Å². The van der Waals surface area contributed by atoms with Crippen LogP contribution in [0, 0.1) is 23.2 Å². The van der Waals surface area contributed by atoms with Gasteiger partial charge in [-0.25, -0.2) is 15.0 Å². The lowest BCUT2D eigenvalue weighted by Crippen LogP contribution is -2.49. The van der Waals surface area contributed by atoms with Crippen LogP contribution in [0.2, 0.25) is 0 Å². The van der Waals surface area contributed by atoms with Gasteiger partial charge in [0.05, 0.1) is 34.8 Å². The van der Waals surface area contributed by atoms with Gasteiger partial charge >= 0.3 is 0 Å². The van der Waals surface area contributed by atoms with Crippen LogP contribution in [0.25, 0.3) is 32.8 Å². The average molecular weight is 668 g/mol. The number of para-hydroxylation sites is 3. The Morgan fingerprint density at radius 2 is 1.67 bits per heavy atom. The number of nitrogens with zero attached hydrogens (tertiary/aromatic N) is 7. The summed E-state index contributed by atoms with van der Waals surface area (Å²) in [5.41, 5.74) is 6.49. The van der Waals surface area contributed by atoms with E-state index >= 15 is 4.39 Å². The molecule has 3 aromatic heterocycles. The van der Waals surface area contributed by atoms with Gasteiger partial charge in [-0.2, -0.15) is 9.65 Å². The molecule has 0 amide bonds. The lowest BCUT2D eigenvalue weighted by molar-refractivity contribution is 0.332. The van der Waals surface area contributed by atoms with E-state index in [2.05, 4.69) is 88.3 Å². The summed E-state index contributed by atoms with van der Waals surface area (Å²) in [6.45, 7) is 4.60. The first-order chi connectivity index (χ1) is 24.9. The normalized spacial score (nSPS) is 19.8. The third-order valence-corrected chi connectivity index (χ3v) is 10.7. The van der Waals surface area contributed by atoms with Crippen molar-refractivity contribution in [2.75, 3.05) is 9.80 Å². The Labute approximate surface area is 293 Å². The van der Waals surface area contributed by atoms with Crippen LogP contribution < -0.4 is 14.5 Å². The van der Waals surface area contributed by atoms with E-state index in [1.807, 2.05) is 60.8 Å². The molecule has 0 spiro atoms. The molecular formula is C42H30FN7O. The largest absolute Gasteiger partial charge is 0.453 e. The topological polar surface area (TPSA) is 91.1 Å². The Bertz CT molecular complexity index is 2670. The van der Waals surface area contributed by atoms with Gasteiger partial charge in [0, 0.05) is 27.8 Å². The maximum absolute atomic E-state index is 15.3. The number of anilines is 4. The molecule has 0 saturated heterocycles. The second-order valence-corrected chi connectivity index (χ2v) is 13.9. The van der Waals surface area contributed by atoms with Crippen molar-refractivity contribution in [2.45, 2.75) is 38.1 Å². The molecule has 246 valence electrons. The van der Waals surface area contributed by atoms with E-state index in [0.717, 1.165) is 47.1 Å². The number of aromatic nitrogens is 4. The van der Waals surface area contributed by atoms with Crippen LogP contribution in [-0.2, 0) is 5.41 Å². The summed E-state index contributed by atoms with van der Waals surface area (Å²) in [5, 5.41) is 11.0. The van der Waals surface area contributed by atoms with Crippen molar-refractivity contribution < 1.29 is 9.13 Å². The molecule has 2 aliphatic heterocycles. The number of fused-ring (bicyclic) bond motifs is 9. The second kappa shape index (κ2) is 10.8. The minimum atomic E-state index is -0.916. The van der Waals surface area contributed by atoms with E-state index in [-0.39, 0.29) is 23.1 Å². The first-order valence-corrected chi connectivity index (χ1v) is 17.1. The van der Waals surface area contributed by atoms with Crippen molar-refractivity contribution in [1.82, 2.24) is 19.9 Å². The van der Waals surface area contributed by atoms with Crippen LogP contribution >= 0.6 is 0 Å². The zero-order valence-corrected chi connectivity index (χ0v) is 27.9. The van der Waals surface area contributed by atoms with Gasteiger partial charge in [0.25, 0.3) is 0 Å². The number of rotatable bonds is 2. The summed E-state index contributed by atoms with van der Waals surface area (Å²) in [7, 11) is 0. The van der Waals surface area contributed by atoms with Gasteiger partial charge in [-0.15, -0.1) is 0 Å². The average Bonchev–Trinajstić information content (AvgIpc) is 3.17. The van der Waals surface area contributed by atoms with Crippen LogP contribution in [0.3, 0.4) is 0 Å². The molecule has 5 heterocycles. The molecule has 0 N–H and O–H groups in total.